The SMILES string of the molecule is CCCCCOc1nc(-c2ccc(Cl)cc2Cl)c(-c2ccc(Cl)cc2)cc1C(=O)OC. The number of unbranched alkanes of at least 4 members (excludes halogenated alkanes) is 2. The second-order valence-corrected chi connectivity index (χ2v) is 8.20. The van der Waals surface area contributed by atoms with Crippen LogP contribution in [0.5, 0.6) is 5.88 Å². The Morgan fingerprint density at radius 2 is 1.65 bits per heavy atom. The van der Waals surface area contributed by atoms with Gasteiger partial charge in [0.1, 0.15) is 5.56 Å². The van der Waals surface area contributed by atoms with Crippen LogP contribution in [0, 0.1) is 0 Å². The molecule has 7 heteroatoms. The lowest BCUT2D eigenvalue weighted by molar-refractivity contribution is 0.0595. The number of hydrogen-bond acceptors (Lipinski definition) is 4. The lowest BCUT2D eigenvalue weighted by Crippen LogP contribution is -2.10. The molecule has 0 aliphatic carbocycles. The standard InChI is InChI=1S/C24H22Cl3NO3/c1-3-4-5-12-31-23-20(24(29)30-2)14-19(15-6-8-16(25)9-7-15)22(28-23)18-11-10-17(26)13-21(18)27/h6-11,13-14H,3-5,12H2,1-2H3. The lowest BCUT2D eigenvalue weighted by Gasteiger charge is -2.16. The molecular weight excluding hydrogens is 457 g/mol. The highest BCUT2D eigenvalue weighted by atomic mass is 35.5. The molecule has 0 amide bonds. The maximum atomic E-state index is 12.5. The van der Waals surface area contributed by atoms with Gasteiger partial charge in [-0.2, -0.15) is 0 Å². The number of nitrogens with zero attached hydrogens (tertiary/aromatic N) is 1. The third-order valence-corrected chi connectivity index (χ3v) is 5.52. The molecule has 0 bridgehead atoms. The lowest BCUT2D eigenvalue weighted by atomic mass is 9.97. The molecule has 0 unspecified atom stereocenters. The molecule has 0 aliphatic heterocycles. The van der Waals surface area contributed by atoms with E-state index in [1.54, 1.807) is 36.4 Å². The first kappa shape index (κ1) is 23.4. The zero-order valence-electron chi connectivity index (χ0n) is 17.3. The summed E-state index contributed by atoms with van der Waals surface area (Å²) in [5, 5.41) is 1.56. The first-order valence-corrected chi connectivity index (χ1v) is 11.1. The van der Waals surface area contributed by atoms with E-state index >= 15 is 0 Å². The zero-order valence-corrected chi connectivity index (χ0v) is 19.5. The molecule has 3 rings (SSSR count). The van der Waals surface area contributed by atoms with Gasteiger partial charge in [0, 0.05) is 21.2 Å². The molecule has 2 aromatic carbocycles. The number of hydrogen-bond donors (Lipinski definition) is 0. The third kappa shape index (κ3) is 5.70. The quantitative estimate of drug-likeness (QED) is 0.245. The molecular formula is C24H22Cl3NO3. The Bertz CT molecular complexity index is 1070. The van der Waals surface area contributed by atoms with Gasteiger partial charge in [0.25, 0.3) is 0 Å². The number of ether oxygens (including phenoxy) is 2. The molecule has 0 aliphatic rings. The molecule has 0 atom stereocenters. The van der Waals surface area contributed by atoms with Crippen LogP contribution in [0.1, 0.15) is 36.5 Å². The summed E-state index contributed by atoms with van der Waals surface area (Å²) in [4.78, 5) is 17.2. The highest BCUT2D eigenvalue weighted by Crippen LogP contribution is 2.39. The van der Waals surface area contributed by atoms with Gasteiger partial charge in [0.05, 0.1) is 24.4 Å². The average Bonchev–Trinajstić information content (AvgIpc) is 2.76. The van der Waals surface area contributed by atoms with Crippen molar-refractivity contribution < 1.29 is 14.3 Å². The average molecular weight is 479 g/mol. The van der Waals surface area contributed by atoms with Crippen LogP contribution in [0.3, 0.4) is 0 Å². The minimum Gasteiger partial charge on any atom is -0.477 e. The van der Waals surface area contributed by atoms with Crippen LogP contribution < -0.4 is 4.74 Å². The molecule has 3 aromatic rings. The van der Waals surface area contributed by atoms with Crippen molar-refractivity contribution in [3.63, 3.8) is 0 Å². The summed E-state index contributed by atoms with van der Waals surface area (Å²) in [7, 11) is 1.33. The van der Waals surface area contributed by atoms with E-state index in [-0.39, 0.29) is 11.4 Å². The smallest absolute Gasteiger partial charge is 0.343 e. The van der Waals surface area contributed by atoms with Crippen LogP contribution >= 0.6 is 34.8 Å². The summed E-state index contributed by atoms with van der Waals surface area (Å²) in [6.45, 7) is 2.55. The van der Waals surface area contributed by atoms with E-state index in [1.807, 2.05) is 12.1 Å². The molecule has 0 fully saturated rings. The predicted molar refractivity (Wildman–Crippen MR) is 126 cm³/mol. The fourth-order valence-corrected chi connectivity index (χ4v) is 3.74. The molecule has 0 radical (unpaired) electrons. The Morgan fingerprint density at radius 3 is 2.29 bits per heavy atom. The van der Waals surface area contributed by atoms with Gasteiger partial charge in [-0.05, 0) is 48.4 Å². The van der Waals surface area contributed by atoms with Gasteiger partial charge in [0.15, 0.2) is 0 Å². The van der Waals surface area contributed by atoms with E-state index in [1.165, 1.54) is 7.11 Å². The van der Waals surface area contributed by atoms with E-state index in [0.717, 1.165) is 24.8 Å². The Kier molecular flexibility index (Phi) is 8.19. The van der Waals surface area contributed by atoms with Crippen molar-refractivity contribution in [2.24, 2.45) is 0 Å². The molecule has 162 valence electrons. The molecule has 31 heavy (non-hydrogen) atoms. The maximum Gasteiger partial charge on any atom is 0.343 e. The highest BCUT2D eigenvalue weighted by Gasteiger charge is 2.22. The number of carbonyl (C=O) groups is 1. The van der Waals surface area contributed by atoms with Crippen molar-refractivity contribution in [2.45, 2.75) is 26.2 Å². The highest BCUT2D eigenvalue weighted by molar-refractivity contribution is 6.36. The van der Waals surface area contributed by atoms with Crippen LogP contribution in [0.15, 0.2) is 48.5 Å². The second kappa shape index (κ2) is 10.9. The normalized spacial score (nSPS) is 10.7. The zero-order chi connectivity index (χ0) is 22.4. The molecule has 1 aromatic heterocycles. The number of pyridine rings is 1. The maximum absolute atomic E-state index is 12.5. The molecule has 4 nitrogen and oxygen atoms in total. The first-order chi connectivity index (χ1) is 14.9. The van der Waals surface area contributed by atoms with Crippen molar-refractivity contribution in [1.82, 2.24) is 4.98 Å². The number of carbonyl (C=O) groups excluding carboxylic acids is 1. The van der Waals surface area contributed by atoms with Gasteiger partial charge in [-0.3, -0.25) is 0 Å². The van der Waals surface area contributed by atoms with E-state index in [0.29, 0.717) is 38.5 Å². The van der Waals surface area contributed by atoms with Gasteiger partial charge in [-0.15, -0.1) is 0 Å². The fourth-order valence-electron chi connectivity index (χ4n) is 3.12. The van der Waals surface area contributed by atoms with E-state index in [9.17, 15) is 4.79 Å². The first-order valence-electron chi connectivity index (χ1n) is 9.92. The van der Waals surface area contributed by atoms with Crippen LogP contribution in [-0.4, -0.2) is 24.7 Å². The minimum absolute atomic E-state index is 0.210. The van der Waals surface area contributed by atoms with Crippen molar-refractivity contribution in [2.75, 3.05) is 13.7 Å². The molecule has 0 N–H and O–H groups in total. The third-order valence-electron chi connectivity index (χ3n) is 4.72. The van der Waals surface area contributed by atoms with Crippen LogP contribution in [0.25, 0.3) is 22.4 Å². The number of rotatable bonds is 8. The second-order valence-electron chi connectivity index (χ2n) is 6.92. The molecule has 1 heterocycles. The Balaban J connectivity index is 2.21. The van der Waals surface area contributed by atoms with Gasteiger partial charge in [0.2, 0.25) is 5.88 Å². The number of esters is 1. The van der Waals surface area contributed by atoms with Gasteiger partial charge in [-0.1, -0.05) is 66.7 Å². The van der Waals surface area contributed by atoms with Crippen LogP contribution in [0.2, 0.25) is 15.1 Å². The summed E-state index contributed by atoms with van der Waals surface area (Å²) >= 11 is 18.7. The van der Waals surface area contributed by atoms with Crippen molar-refractivity contribution in [3.8, 4) is 28.3 Å². The molecule has 0 spiro atoms. The molecule has 0 saturated heterocycles. The Morgan fingerprint density at radius 1 is 0.935 bits per heavy atom. The summed E-state index contributed by atoms with van der Waals surface area (Å²) in [5.74, 6) is -0.316. The number of halogens is 3. The van der Waals surface area contributed by atoms with E-state index < -0.39 is 5.97 Å². The summed E-state index contributed by atoms with van der Waals surface area (Å²) in [6.07, 6.45) is 2.93. The summed E-state index contributed by atoms with van der Waals surface area (Å²) in [6, 6.07) is 14.2. The Labute approximate surface area is 197 Å². The van der Waals surface area contributed by atoms with Gasteiger partial charge < -0.3 is 9.47 Å². The Hall–Kier alpha value is -2.27. The monoisotopic (exact) mass is 477 g/mol. The van der Waals surface area contributed by atoms with Gasteiger partial charge in [-0.25, -0.2) is 9.78 Å². The number of aromatic nitrogens is 1. The van der Waals surface area contributed by atoms with Crippen molar-refractivity contribution in [3.05, 3.63) is 69.2 Å². The minimum atomic E-state index is -0.526. The largest absolute Gasteiger partial charge is 0.477 e. The number of methoxy groups -OCH3 is 1. The van der Waals surface area contributed by atoms with E-state index in [4.69, 9.17) is 49.3 Å². The van der Waals surface area contributed by atoms with Crippen molar-refractivity contribution in [1.29, 1.82) is 0 Å². The van der Waals surface area contributed by atoms with Gasteiger partial charge >= 0.3 is 5.97 Å². The summed E-state index contributed by atoms with van der Waals surface area (Å²) < 4.78 is 10.9. The summed E-state index contributed by atoms with van der Waals surface area (Å²) in [5.41, 5.74) is 3.01. The topological polar surface area (TPSA) is 48.4 Å². The predicted octanol–water partition coefficient (Wildman–Crippen LogP) is 7.73. The van der Waals surface area contributed by atoms with Crippen LogP contribution in [-0.2, 0) is 4.74 Å². The molecule has 0 saturated carbocycles. The van der Waals surface area contributed by atoms with Crippen molar-refractivity contribution >= 4 is 40.8 Å². The number of benzene rings is 2. The van der Waals surface area contributed by atoms with E-state index in [2.05, 4.69) is 6.92 Å². The van der Waals surface area contributed by atoms with Crippen LogP contribution in [0.4, 0.5) is 0 Å². The fraction of sp³-hybridized carbons (Fsp3) is 0.250.